The number of anilines is 1. The van der Waals surface area contributed by atoms with Crippen molar-refractivity contribution in [3.63, 3.8) is 0 Å². The summed E-state index contributed by atoms with van der Waals surface area (Å²) in [7, 11) is 0. The first kappa shape index (κ1) is 15.1. The first-order valence-corrected chi connectivity index (χ1v) is 6.74. The molecule has 0 amide bonds. The van der Waals surface area contributed by atoms with Crippen molar-refractivity contribution in [3.8, 4) is 0 Å². The molecule has 0 aliphatic heterocycles. The van der Waals surface area contributed by atoms with Gasteiger partial charge in [-0.3, -0.25) is 10.1 Å². The predicted molar refractivity (Wildman–Crippen MR) is 81.4 cm³/mol. The summed E-state index contributed by atoms with van der Waals surface area (Å²) in [4.78, 5) is 14.7. The minimum atomic E-state index is -0.417. The van der Waals surface area contributed by atoms with Gasteiger partial charge in [0.1, 0.15) is 5.82 Å². The fourth-order valence-corrected chi connectivity index (χ4v) is 1.91. The number of nitro benzene ring substituents is 1. The average molecular weight is 290 g/mol. The molecule has 1 heterocycles. The number of nitrogens with zero attached hydrogens (tertiary/aromatic N) is 2. The molecule has 1 atom stereocenters. The molecule has 7 nitrogen and oxygen atoms in total. The zero-order chi connectivity index (χ0) is 15.2. The van der Waals surface area contributed by atoms with Crippen molar-refractivity contribution in [1.82, 2.24) is 10.3 Å². The molecule has 112 valence electrons. The van der Waals surface area contributed by atoms with Gasteiger partial charge in [0, 0.05) is 37.2 Å². The lowest BCUT2D eigenvalue weighted by Crippen LogP contribution is -2.29. The van der Waals surface area contributed by atoms with Crippen molar-refractivity contribution < 1.29 is 10.0 Å². The highest BCUT2D eigenvalue weighted by Crippen LogP contribution is 2.20. The number of fused-ring (bicyclic) bond motifs is 1. The lowest BCUT2D eigenvalue weighted by Gasteiger charge is -2.09. The summed E-state index contributed by atoms with van der Waals surface area (Å²) in [6, 6.07) is 8.20. The van der Waals surface area contributed by atoms with E-state index in [1.807, 2.05) is 0 Å². The molecular formula is C14H18N4O3. The quantitative estimate of drug-likeness (QED) is 0.406. The van der Waals surface area contributed by atoms with Crippen molar-refractivity contribution in [2.24, 2.45) is 0 Å². The summed E-state index contributed by atoms with van der Waals surface area (Å²) in [5.74, 6) is 0.718. The van der Waals surface area contributed by atoms with Gasteiger partial charge in [0.05, 0.1) is 16.5 Å². The van der Waals surface area contributed by atoms with Gasteiger partial charge < -0.3 is 15.7 Å². The van der Waals surface area contributed by atoms with Crippen LogP contribution in [0.3, 0.4) is 0 Å². The average Bonchev–Trinajstić information content (AvgIpc) is 2.45. The molecule has 0 saturated carbocycles. The van der Waals surface area contributed by atoms with Gasteiger partial charge in [-0.15, -0.1) is 0 Å². The second-order valence-corrected chi connectivity index (χ2v) is 4.81. The summed E-state index contributed by atoms with van der Waals surface area (Å²) in [6.45, 7) is 3.67. The number of non-ortho nitro benzene ring substituents is 1. The largest absolute Gasteiger partial charge is 0.392 e. The Bertz CT molecular complexity index is 631. The van der Waals surface area contributed by atoms with E-state index in [0.29, 0.717) is 25.2 Å². The topological polar surface area (TPSA) is 100 Å². The van der Waals surface area contributed by atoms with Crippen molar-refractivity contribution in [2.75, 3.05) is 25.0 Å². The number of rotatable bonds is 7. The van der Waals surface area contributed by atoms with E-state index in [2.05, 4.69) is 15.6 Å². The van der Waals surface area contributed by atoms with Crippen LogP contribution in [0.2, 0.25) is 0 Å². The number of pyridine rings is 1. The highest BCUT2D eigenvalue weighted by atomic mass is 16.6. The lowest BCUT2D eigenvalue weighted by atomic mass is 10.2. The Morgan fingerprint density at radius 2 is 2.14 bits per heavy atom. The van der Waals surface area contributed by atoms with Gasteiger partial charge in [-0.05, 0) is 25.1 Å². The molecule has 2 aromatic rings. The van der Waals surface area contributed by atoms with E-state index in [-0.39, 0.29) is 11.8 Å². The van der Waals surface area contributed by atoms with Crippen LogP contribution < -0.4 is 10.6 Å². The molecule has 3 N–H and O–H groups in total. The smallest absolute Gasteiger partial charge is 0.270 e. The molecule has 2 rings (SSSR count). The summed E-state index contributed by atoms with van der Waals surface area (Å²) < 4.78 is 0. The number of aromatic nitrogens is 1. The van der Waals surface area contributed by atoms with Crippen LogP contribution in [0, 0.1) is 10.1 Å². The second kappa shape index (κ2) is 6.96. The fourth-order valence-electron chi connectivity index (χ4n) is 1.91. The summed E-state index contributed by atoms with van der Waals surface area (Å²) in [5, 5.41) is 26.8. The molecule has 0 bridgehead atoms. The van der Waals surface area contributed by atoms with Crippen LogP contribution in [-0.2, 0) is 0 Å². The molecule has 1 unspecified atom stereocenters. The summed E-state index contributed by atoms with van der Waals surface area (Å²) >= 11 is 0. The third-order valence-electron chi connectivity index (χ3n) is 2.93. The Kier molecular flexibility index (Phi) is 5.02. The van der Waals surface area contributed by atoms with Crippen molar-refractivity contribution >= 4 is 22.4 Å². The molecule has 0 aliphatic carbocycles. The third-order valence-corrected chi connectivity index (χ3v) is 2.93. The number of aliphatic hydroxyl groups excluding tert-OH is 1. The van der Waals surface area contributed by atoms with Gasteiger partial charge in [0.25, 0.3) is 5.69 Å². The first-order chi connectivity index (χ1) is 10.1. The molecule has 0 radical (unpaired) electrons. The van der Waals surface area contributed by atoms with Crippen LogP contribution in [-0.4, -0.2) is 40.8 Å². The molecule has 1 aromatic heterocycles. The monoisotopic (exact) mass is 290 g/mol. The predicted octanol–water partition coefficient (Wildman–Crippen LogP) is 1.53. The summed E-state index contributed by atoms with van der Waals surface area (Å²) in [5.41, 5.74) is 0.773. The van der Waals surface area contributed by atoms with E-state index in [1.165, 1.54) is 12.1 Å². The number of hydrogen-bond donors (Lipinski definition) is 3. The van der Waals surface area contributed by atoms with Gasteiger partial charge in [0.2, 0.25) is 0 Å². The highest BCUT2D eigenvalue weighted by Gasteiger charge is 2.07. The number of benzene rings is 1. The molecule has 7 heteroatoms. The van der Waals surface area contributed by atoms with Crippen LogP contribution in [0.1, 0.15) is 6.92 Å². The van der Waals surface area contributed by atoms with Crippen molar-refractivity contribution in [2.45, 2.75) is 13.0 Å². The summed E-state index contributed by atoms with van der Waals surface area (Å²) in [6.07, 6.45) is -0.361. The second-order valence-electron chi connectivity index (χ2n) is 4.81. The van der Waals surface area contributed by atoms with Crippen LogP contribution in [0.25, 0.3) is 10.9 Å². The molecule has 0 saturated heterocycles. The van der Waals surface area contributed by atoms with Crippen molar-refractivity contribution in [1.29, 1.82) is 0 Å². The minimum Gasteiger partial charge on any atom is -0.392 e. The fraction of sp³-hybridized carbons (Fsp3) is 0.357. The van der Waals surface area contributed by atoms with Gasteiger partial charge >= 0.3 is 0 Å². The Balaban J connectivity index is 1.96. The normalized spacial score (nSPS) is 12.3. The first-order valence-electron chi connectivity index (χ1n) is 6.74. The van der Waals surface area contributed by atoms with Crippen LogP contribution >= 0.6 is 0 Å². The van der Waals surface area contributed by atoms with E-state index < -0.39 is 4.92 Å². The van der Waals surface area contributed by atoms with E-state index in [9.17, 15) is 10.1 Å². The van der Waals surface area contributed by atoms with Gasteiger partial charge in [-0.25, -0.2) is 4.98 Å². The maximum atomic E-state index is 10.7. The Hall–Kier alpha value is -2.25. The Labute approximate surface area is 122 Å². The van der Waals surface area contributed by atoms with Gasteiger partial charge in [-0.2, -0.15) is 0 Å². The molecule has 21 heavy (non-hydrogen) atoms. The van der Waals surface area contributed by atoms with Gasteiger partial charge in [0.15, 0.2) is 0 Å². The SMILES string of the molecule is CC(O)CNCCNc1ccc2cc([N+](=O)[O-])ccc2n1. The molecule has 0 fully saturated rings. The molecule has 1 aromatic carbocycles. The Morgan fingerprint density at radius 3 is 2.86 bits per heavy atom. The van der Waals surface area contributed by atoms with E-state index in [4.69, 9.17) is 5.11 Å². The lowest BCUT2D eigenvalue weighted by molar-refractivity contribution is -0.384. The van der Waals surface area contributed by atoms with Crippen LogP contribution in [0.4, 0.5) is 11.5 Å². The highest BCUT2D eigenvalue weighted by molar-refractivity contribution is 5.82. The maximum absolute atomic E-state index is 10.7. The van der Waals surface area contributed by atoms with E-state index in [0.717, 1.165) is 11.2 Å². The standard InChI is InChI=1S/C14H18N4O3/c1-10(19)9-15-6-7-16-14-5-2-11-8-12(18(20)21)3-4-13(11)17-14/h2-5,8,10,15,19H,6-7,9H2,1H3,(H,16,17). The van der Waals surface area contributed by atoms with E-state index in [1.54, 1.807) is 25.1 Å². The van der Waals surface area contributed by atoms with Gasteiger partial charge in [-0.1, -0.05) is 0 Å². The number of hydrogen-bond acceptors (Lipinski definition) is 6. The van der Waals surface area contributed by atoms with Crippen LogP contribution in [0.5, 0.6) is 0 Å². The number of aliphatic hydroxyl groups is 1. The zero-order valence-electron chi connectivity index (χ0n) is 11.7. The maximum Gasteiger partial charge on any atom is 0.270 e. The molecular weight excluding hydrogens is 272 g/mol. The number of nitrogens with one attached hydrogen (secondary N) is 2. The van der Waals surface area contributed by atoms with Crippen LogP contribution in [0.15, 0.2) is 30.3 Å². The Morgan fingerprint density at radius 1 is 1.33 bits per heavy atom. The number of nitro groups is 1. The molecule has 0 aliphatic rings. The third kappa shape index (κ3) is 4.37. The molecule has 0 spiro atoms. The minimum absolute atomic E-state index is 0.0623. The zero-order valence-corrected chi connectivity index (χ0v) is 11.7. The van der Waals surface area contributed by atoms with Crippen molar-refractivity contribution in [3.05, 3.63) is 40.4 Å². The van der Waals surface area contributed by atoms with E-state index >= 15 is 0 Å².